The number of carbonyl (C=O) groups is 1. The molecule has 0 aliphatic heterocycles. The predicted molar refractivity (Wildman–Crippen MR) is 80.1 cm³/mol. The third-order valence-corrected chi connectivity index (χ3v) is 5.64. The van der Waals surface area contributed by atoms with Gasteiger partial charge in [0, 0.05) is 31.0 Å². The van der Waals surface area contributed by atoms with Crippen molar-refractivity contribution in [3.8, 4) is 0 Å². The van der Waals surface area contributed by atoms with Crippen molar-refractivity contribution in [2.45, 2.75) is 50.7 Å². The summed E-state index contributed by atoms with van der Waals surface area (Å²) in [5, 5.41) is 0. The summed E-state index contributed by atoms with van der Waals surface area (Å²) in [5.74, 6) is 1.52. The van der Waals surface area contributed by atoms with E-state index >= 15 is 0 Å². The Morgan fingerprint density at radius 3 is 2.52 bits per heavy atom. The van der Waals surface area contributed by atoms with Crippen LogP contribution in [0, 0.1) is 17.8 Å². The van der Waals surface area contributed by atoms with Crippen molar-refractivity contribution in [3.63, 3.8) is 0 Å². The van der Waals surface area contributed by atoms with Crippen LogP contribution in [-0.2, 0) is 11.3 Å². The van der Waals surface area contributed by atoms with Crippen molar-refractivity contribution in [2.24, 2.45) is 23.5 Å². The molecule has 0 saturated heterocycles. The number of carbonyl (C=O) groups excluding carboxylic acids is 1. The molecule has 3 aliphatic rings. The van der Waals surface area contributed by atoms with Gasteiger partial charge in [-0.2, -0.15) is 0 Å². The Labute approximate surface area is 125 Å². The third-order valence-electron chi connectivity index (χ3n) is 5.64. The van der Waals surface area contributed by atoms with Gasteiger partial charge in [-0.25, -0.2) is 0 Å². The Morgan fingerprint density at radius 1 is 1.19 bits per heavy atom. The Balaban J connectivity index is 1.53. The smallest absolute Gasteiger partial charge is 0.228 e. The van der Waals surface area contributed by atoms with E-state index in [0.717, 1.165) is 12.8 Å². The van der Waals surface area contributed by atoms with Gasteiger partial charge in [0.05, 0.1) is 5.92 Å². The Kier molecular flexibility index (Phi) is 3.21. The number of nitrogens with zero attached hydrogens (tertiary/aromatic N) is 2. The van der Waals surface area contributed by atoms with Crippen molar-refractivity contribution >= 4 is 5.91 Å². The molecular weight excluding hydrogens is 262 g/mol. The topological polar surface area (TPSA) is 59.2 Å². The minimum absolute atomic E-state index is 0.0752. The maximum absolute atomic E-state index is 13.1. The Hall–Kier alpha value is -1.42. The van der Waals surface area contributed by atoms with Gasteiger partial charge in [0.25, 0.3) is 0 Å². The number of amides is 1. The lowest BCUT2D eigenvalue weighted by Gasteiger charge is -2.33. The predicted octanol–water partition coefficient (Wildman–Crippen LogP) is 1.95. The number of hydrogen-bond donors (Lipinski definition) is 1. The van der Waals surface area contributed by atoms with Gasteiger partial charge >= 0.3 is 0 Å². The maximum atomic E-state index is 13.1. The lowest BCUT2D eigenvalue weighted by Crippen LogP contribution is -2.47. The van der Waals surface area contributed by atoms with Crippen LogP contribution in [0.5, 0.6) is 0 Å². The zero-order valence-corrected chi connectivity index (χ0v) is 12.3. The van der Waals surface area contributed by atoms with Gasteiger partial charge in [0.2, 0.25) is 5.91 Å². The van der Waals surface area contributed by atoms with Crippen molar-refractivity contribution < 1.29 is 4.79 Å². The van der Waals surface area contributed by atoms with Crippen LogP contribution in [0.25, 0.3) is 0 Å². The van der Waals surface area contributed by atoms with Gasteiger partial charge in [-0.3, -0.25) is 9.78 Å². The van der Waals surface area contributed by atoms with E-state index in [2.05, 4.69) is 9.88 Å². The first-order valence-electron chi connectivity index (χ1n) is 8.19. The third kappa shape index (κ3) is 2.35. The highest BCUT2D eigenvalue weighted by atomic mass is 16.2. The highest BCUT2D eigenvalue weighted by Gasteiger charge is 2.51. The number of hydrogen-bond acceptors (Lipinski definition) is 3. The molecule has 4 nitrogen and oxygen atoms in total. The largest absolute Gasteiger partial charge is 0.335 e. The fourth-order valence-corrected chi connectivity index (χ4v) is 4.35. The zero-order valence-electron chi connectivity index (χ0n) is 12.3. The second-order valence-electron chi connectivity index (χ2n) is 6.99. The molecule has 21 heavy (non-hydrogen) atoms. The van der Waals surface area contributed by atoms with Crippen molar-refractivity contribution in [1.82, 2.24) is 9.88 Å². The first-order valence-corrected chi connectivity index (χ1v) is 8.19. The minimum Gasteiger partial charge on any atom is -0.335 e. The van der Waals surface area contributed by atoms with Crippen LogP contribution in [0.2, 0.25) is 0 Å². The molecule has 2 N–H and O–H groups in total. The summed E-state index contributed by atoms with van der Waals surface area (Å²) in [6.07, 6.45) is 9.49. The van der Waals surface area contributed by atoms with Crippen LogP contribution in [0.1, 0.15) is 37.7 Å². The standard InChI is InChI=1S/C17H23N3O/c18-16-13-2-1-12(9-13)15(16)17(21)20(14-3-4-14)10-11-5-7-19-8-6-11/h5-8,12-16H,1-4,9-10,18H2. The molecule has 1 amide bonds. The number of fused-ring (bicyclic) bond motifs is 2. The SMILES string of the molecule is NC1C2CCC(C2)C1C(=O)N(Cc1ccncc1)C1CC1. The molecular formula is C17H23N3O. The summed E-state index contributed by atoms with van der Waals surface area (Å²) in [6, 6.07) is 4.54. The summed E-state index contributed by atoms with van der Waals surface area (Å²) in [7, 11) is 0. The second kappa shape index (κ2) is 5.09. The van der Waals surface area contributed by atoms with E-state index in [4.69, 9.17) is 5.73 Å². The molecule has 3 fully saturated rings. The Bertz CT molecular complexity index is 526. The molecule has 112 valence electrons. The number of nitrogens with two attached hydrogens (primary N) is 1. The molecule has 2 bridgehead atoms. The van der Waals surface area contributed by atoms with E-state index in [1.165, 1.54) is 24.8 Å². The highest BCUT2D eigenvalue weighted by molar-refractivity contribution is 5.81. The minimum atomic E-state index is 0.0752. The van der Waals surface area contributed by atoms with Crippen LogP contribution >= 0.6 is 0 Å². The van der Waals surface area contributed by atoms with E-state index in [-0.39, 0.29) is 12.0 Å². The maximum Gasteiger partial charge on any atom is 0.228 e. The Morgan fingerprint density at radius 2 is 1.90 bits per heavy atom. The van der Waals surface area contributed by atoms with E-state index < -0.39 is 0 Å². The van der Waals surface area contributed by atoms with Crippen molar-refractivity contribution in [1.29, 1.82) is 0 Å². The molecule has 0 spiro atoms. The lowest BCUT2D eigenvalue weighted by atomic mass is 9.84. The molecule has 4 atom stereocenters. The summed E-state index contributed by atoms with van der Waals surface area (Å²) < 4.78 is 0. The monoisotopic (exact) mass is 285 g/mol. The average molecular weight is 285 g/mol. The van der Waals surface area contributed by atoms with Gasteiger partial charge in [0.1, 0.15) is 0 Å². The highest BCUT2D eigenvalue weighted by Crippen LogP contribution is 2.49. The first kappa shape index (κ1) is 13.3. The van der Waals surface area contributed by atoms with Gasteiger partial charge in [-0.15, -0.1) is 0 Å². The van der Waals surface area contributed by atoms with Crippen LogP contribution < -0.4 is 5.73 Å². The molecule has 3 saturated carbocycles. The molecule has 3 aliphatic carbocycles. The summed E-state index contributed by atoms with van der Waals surface area (Å²) in [4.78, 5) is 19.2. The number of aromatic nitrogens is 1. The summed E-state index contributed by atoms with van der Waals surface area (Å²) >= 11 is 0. The molecule has 0 aromatic carbocycles. The van der Waals surface area contributed by atoms with Crippen LogP contribution in [0.4, 0.5) is 0 Å². The molecule has 4 heteroatoms. The van der Waals surface area contributed by atoms with E-state index in [9.17, 15) is 4.79 Å². The quantitative estimate of drug-likeness (QED) is 0.920. The van der Waals surface area contributed by atoms with Crippen molar-refractivity contribution in [2.75, 3.05) is 0 Å². The number of rotatable bonds is 4. The van der Waals surface area contributed by atoms with E-state index in [0.29, 0.717) is 30.3 Å². The van der Waals surface area contributed by atoms with Crippen LogP contribution in [0.3, 0.4) is 0 Å². The molecule has 4 rings (SSSR count). The molecule has 1 heterocycles. The van der Waals surface area contributed by atoms with Gasteiger partial charge in [0.15, 0.2) is 0 Å². The van der Waals surface area contributed by atoms with Gasteiger partial charge < -0.3 is 10.6 Å². The van der Waals surface area contributed by atoms with E-state index in [1.54, 1.807) is 12.4 Å². The fraction of sp³-hybridized carbons (Fsp3) is 0.647. The molecule has 0 radical (unpaired) electrons. The first-order chi connectivity index (χ1) is 10.2. The average Bonchev–Trinajstić information content (AvgIpc) is 3.16. The summed E-state index contributed by atoms with van der Waals surface area (Å²) in [5.41, 5.74) is 7.53. The normalized spacial score (nSPS) is 34.1. The molecule has 1 aromatic heterocycles. The van der Waals surface area contributed by atoms with Gasteiger partial charge in [-0.05, 0) is 61.6 Å². The van der Waals surface area contributed by atoms with Crippen molar-refractivity contribution in [3.05, 3.63) is 30.1 Å². The second-order valence-corrected chi connectivity index (χ2v) is 6.99. The summed E-state index contributed by atoms with van der Waals surface area (Å²) in [6.45, 7) is 0.715. The van der Waals surface area contributed by atoms with Crippen LogP contribution in [0.15, 0.2) is 24.5 Å². The molecule has 1 aromatic rings. The molecule has 4 unspecified atom stereocenters. The van der Waals surface area contributed by atoms with Gasteiger partial charge in [-0.1, -0.05) is 0 Å². The zero-order chi connectivity index (χ0) is 14.4. The van der Waals surface area contributed by atoms with Crippen LogP contribution in [-0.4, -0.2) is 27.9 Å². The van der Waals surface area contributed by atoms with E-state index in [1.807, 2.05) is 12.1 Å². The lowest BCUT2D eigenvalue weighted by molar-refractivity contribution is -0.139. The fourth-order valence-electron chi connectivity index (χ4n) is 4.35. The number of pyridine rings is 1.